The average molecular weight is 459 g/mol. The molecule has 9 heteroatoms. The monoisotopic (exact) mass is 458 g/mol. The molecule has 0 saturated heterocycles. The third kappa shape index (κ3) is 5.30. The Morgan fingerprint density at radius 3 is 2.50 bits per heavy atom. The fraction of sp³-hybridized carbons (Fsp3) is 0.280. The first-order chi connectivity index (χ1) is 16.6. The molecule has 1 fully saturated rings. The quantitative estimate of drug-likeness (QED) is 0.467. The number of nitrogens with one attached hydrogen (secondary N) is 1. The summed E-state index contributed by atoms with van der Waals surface area (Å²) < 4.78 is 17.5. The Balaban J connectivity index is 0.000000336. The van der Waals surface area contributed by atoms with E-state index in [1.54, 1.807) is 34.9 Å². The Kier molecular flexibility index (Phi) is 7.30. The van der Waals surface area contributed by atoms with Crippen LogP contribution in [0.4, 0.5) is 10.2 Å². The molecule has 0 amide bonds. The van der Waals surface area contributed by atoms with Crippen LogP contribution in [-0.4, -0.2) is 37.9 Å². The molecule has 1 aliphatic rings. The predicted octanol–water partition coefficient (Wildman–Crippen LogP) is 4.45. The van der Waals surface area contributed by atoms with Crippen LogP contribution in [0.1, 0.15) is 37.7 Å². The van der Waals surface area contributed by atoms with E-state index in [0.717, 1.165) is 11.4 Å². The van der Waals surface area contributed by atoms with Crippen LogP contribution in [-0.2, 0) is 0 Å². The minimum absolute atomic E-state index is 0.00633. The van der Waals surface area contributed by atoms with Crippen LogP contribution in [0.5, 0.6) is 0 Å². The van der Waals surface area contributed by atoms with Gasteiger partial charge in [0, 0.05) is 24.7 Å². The summed E-state index contributed by atoms with van der Waals surface area (Å²) in [6, 6.07) is 16.3. The first-order valence-electron chi connectivity index (χ1n) is 11.3. The third-order valence-electron chi connectivity index (χ3n) is 5.76. The second kappa shape index (κ2) is 10.7. The Morgan fingerprint density at radius 1 is 1.09 bits per heavy atom. The maximum absolute atomic E-state index is 14.1. The molecule has 5 rings (SSSR count). The number of rotatable bonds is 4. The zero-order chi connectivity index (χ0) is 23.9. The number of hydrogen-bond acceptors (Lipinski definition) is 6. The number of nitriles is 1. The van der Waals surface area contributed by atoms with E-state index in [0.29, 0.717) is 23.1 Å². The van der Waals surface area contributed by atoms with Gasteiger partial charge >= 0.3 is 0 Å². The van der Waals surface area contributed by atoms with Crippen molar-refractivity contribution < 1.29 is 4.39 Å². The smallest absolute Gasteiger partial charge is 0.148 e. The first kappa shape index (κ1) is 23.1. The molecular formula is C25H27FN8. The number of halogens is 1. The highest BCUT2D eigenvalue weighted by atomic mass is 19.1. The van der Waals surface area contributed by atoms with Gasteiger partial charge in [0.15, 0.2) is 0 Å². The molecule has 2 aromatic heterocycles. The van der Waals surface area contributed by atoms with E-state index in [-0.39, 0.29) is 5.56 Å². The summed E-state index contributed by atoms with van der Waals surface area (Å²) >= 11 is 0. The van der Waals surface area contributed by atoms with E-state index in [1.165, 1.54) is 44.2 Å². The average Bonchev–Trinajstić information content (AvgIpc) is 3.56. The molecule has 4 aromatic rings. The summed E-state index contributed by atoms with van der Waals surface area (Å²) in [4.78, 5) is 0. The van der Waals surface area contributed by atoms with Gasteiger partial charge in [0.2, 0.25) is 0 Å². The normalized spacial score (nSPS) is 13.6. The topological polar surface area (TPSA) is 110 Å². The highest BCUT2D eigenvalue weighted by Crippen LogP contribution is 2.28. The van der Waals surface area contributed by atoms with Gasteiger partial charge in [-0.1, -0.05) is 36.6 Å². The lowest BCUT2D eigenvalue weighted by Gasteiger charge is -2.15. The Bertz CT molecular complexity index is 1270. The van der Waals surface area contributed by atoms with E-state index in [1.807, 2.05) is 36.4 Å². The summed E-state index contributed by atoms with van der Waals surface area (Å²) in [6.07, 6.45) is 10.0. The molecule has 2 aromatic carbocycles. The third-order valence-corrected chi connectivity index (χ3v) is 5.76. The van der Waals surface area contributed by atoms with Crippen LogP contribution in [0.15, 0.2) is 60.9 Å². The lowest BCUT2D eigenvalue weighted by molar-refractivity contribution is 0.441. The molecule has 1 aliphatic carbocycles. The van der Waals surface area contributed by atoms with Crippen LogP contribution in [0.3, 0.4) is 0 Å². The van der Waals surface area contributed by atoms with Crippen LogP contribution >= 0.6 is 0 Å². The summed E-state index contributed by atoms with van der Waals surface area (Å²) in [6.45, 7) is 0. The molecule has 1 saturated carbocycles. The van der Waals surface area contributed by atoms with E-state index < -0.39 is 5.82 Å². The molecule has 2 heterocycles. The van der Waals surface area contributed by atoms with E-state index in [9.17, 15) is 4.39 Å². The van der Waals surface area contributed by atoms with Crippen LogP contribution < -0.4 is 11.1 Å². The minimum atomic E-state index is -0.565. The Hall–Kier alpha value is -4.03. The van der Waals surface area contributed by atoms with E-state index >= 15 is 0 Å². The van der Waals surface area contributed by atoms with Gasteiger partial charge in [-0.3, -0.25) is 0 Å². The zero-order valence-electron chi connectivity index (χ0n) is 19.0. The van der Waals surface area contributed by atoms with Crippen molar-refractivity contribution in [2.45, 2.75) is 38.1 Å². The molecule has 0 aliphatic heterocycles. The lowest BCUT2D eigenvalue weighted by atomic mass is 9.97. The molecule has 3 N–H and O–H groups in total. The van der Waals surface area contributed by atoms with Crippen molar-refractivity contribution in [3.8, 4) is 28.7 Å². The maximum Gasteiger partial charge on any atom is 0.148 e. The summed E-state index contributed by atoms with van der Waals surface area (Å²) in [5.74, 6) is 0.0750. The fourth-order valence-electron chi connectivity index (χ4n) is 3.92. The van der Waals surface area contributed by atoms with E-state index in [4.69, 9.17) is 11.0 Å². The lowest BCUT2D eigenvalue weighted by Crippen LogP contribution is -2.22. The molecule has 34 heavy (non-hydrogen) atoms. The number of aromatic nitrogens is 5. The number of benzene rings is 2. The molecular weight excluding hydrogens is 431 g/mol. The van der Waals surface area contributed by atoms with Crippen molar-refractivity contribution in [2.75, 3.05) is 12.4 Å². The van der Waals surface area contributed by atoms with Gasteiger partial charge in [-0.15, -0.1) is 10.2 Å². The molecule has 0 bridgehead atoms. The van der Waals surface area contributed by atoms with Crippen molar-refractivity contribution >= 4 is 5.82 Å². The number of anilines is 1. The largest absolute Gasteiger partial charge is 0.372 e. The number of nitrogens with zero attached hydrogens (tertiary/aromatic N) is 6. The van der Waals surface area contributed by atoms with Gasteiger partial charge in [0.1, 0.15) is 17.7 Å². The van der Waals surface area contributed by atoms with Gasteiger partial charge in [0.25, 0.3) is 0 Å². The van der Waals surface area contributed by atoms with Gasteiger partial charge < -0.3 is 11.1 Å². The highest BCUT2D eigenvalue weighted by Gasteiger charge is 2.14. The van der Waals surface area contributed by atoms with Crippen molar-refractivity contribution in [1.82, 2.24) is 24.8 Å². The number of hydrogen-bond donors (Lipinski definition) is 2. The summed E-state index contributed by atoms with van der Waals surface area (Å²) in [7, 11) is 1.77. The standard InChI is InChI=1S/C19H14FN7.C6H13N/c1-22-19-11-18(13-5-6-14(12-21)17(20)9-13)27(24-19)16-4-2-3-15(10-16)26-8-7-23-25-26;7-6-4-2-1-3-5-6/h2-11H,1H3,(H,22,24);6H,1-5,7H2. The molecule has 0 atom stereocenters. The fourth-order valence-corrected chi connectivity index (χ4v) is 3.92. The Labute approximate surface area is 197 Å². The van der Waals surface area contributed by atoms with Crippen LogP contribution in [0.2, 0.25) is 0 Å². The van der Waals surface area contributed by atoms with E-state index in [2.05, 4.69) is 20.7 Å². The molecule has 0 radical (unpaired) electrons. The molecule has 0 unspecified atom stereocenters. The molecule has 174 valence electrons. The van der Waals surface area contributed by atoms with Gasteiger partial charge in [-0.25, -0.2) is 13.8 Å². The zero-order valence-corrected chi connectivity index (χ0v) is 19.0. The highest BCUT2D eigenvalue weighted by molar-refractivity contribution is 5.67. The van der Waals surface area contributed by atoms with Gasteiger partial charge in [-0.2, -0.15) is 5.26 Å². The van der Waals surface area contributed by atoms with Crippen LogP contribution in [0, 0.1) is 17.1 Å². The SMILES string of the molecule is CNc1cc(-c2ccc(C#N)c(F)c2)n(-c2cccc(-n3ccnn3)c2)n1.NC1CCCCC1. The van der Waals surface area contributed by atoms with Crippen molar-refractivity contribution in [2.24, 2.45) is 5.73 Å². The second-order valence-corrected chi connectivity index (χ2v) is 8.15. The van der Waals surface area contributed by atoms with Gasteiger partial charge in [-0.05, 0) is 43.2 Å². The Morgan fingerprint density at radius 2 is 1.88 bits per heavy atom. The molecule has 8 nitrogen and oxygen atoms in total. The molecule has 0 spiro atoms. The summed E-state index contributed by atoms with van der Waals surface area (Å²) in [5, 5.41) is 24.3. The van der Waals surface area contributed by atoms with Crippen molar-refractivity contribution in [1.29, 1.82) is 5.26 Å². The minimum Gasteiger partial charge on any atom is -0.372 e. The number of nitrogens with two attached hydrogens (primary N) is 1. The van der Waals surface area contributed by atoms with Crippen LogP contribution in [0.25, 0.3) is 22.6 Å². The second-order valence-electron chi connectivity index (χ2n) is 8.15. The van der Waals surface area contributed by atoms with Crippen molar-refractivity contribution in [3.63, 3.8) is 0 Å². The van der Waals surface area contributed by atoms with Gasteiger partial charge in [0.05, 0.1) is 35.0 Å². The first-order valence-corrected chi connectivity index (χ1v) is 11.3. The van der Waals surface area contributed by atoms with Crippen molar-refractivity contribution in [3.05, 3.63) is 72.3 Å². The summed E-state index contributed by atoms with van der Waals surface area (Å²) in [5.41, 5.74) is 8.56. The predicted molar refractivity (Wildman–Crippen MR) is 129 cm³/mol. The maximum atomic E-state index is 14.1.